The van der Waals surface area contributed by atoms with Gasteiger partial charge in [0.15, 0.2) is 0 Å². The molecule has 96 valence electrons. The van der Waals surface area contributed by atoms with Crippen LogP contribution >= 0.6 is 11.8 Å². The number of hydrogen-bond donors (Lipinski definition) is 1. The summed E-state index contributed by atoms with van der Waals surface area (Å²) in [6.07, 6.45) is 0. The van der Waals surface area contributed by atoms with Crippen molar-refractivity contribution in [1.29, 1.82) is 0 Å². The van der Waals surface area contributed by atoms with Crippen LogP contribution in [-0.4, -0.2) is 33.2 Å². The Morgan fingerprint density at radius 3 is 2.82 bits per heavy atom. The number of thioether (sulfide) groups is 1. The Bertz CT molecular complexity index is 376. The molecule has 5 heteroatoms. The molecule has 0 radical (unpaired) electrons. The fraction of sp³-hybridized carbons (Fsp3) is 0.667. The van der Waals surface area contributed by atoms with Crippen molar-refractivity contribution in [1.82, 2.24) is 15.1 Å². The van der Waals surface area contributed by atoms with Crippen LogP contribution in [-0.2, 0) is 11.3 Å². The lowest BCUT2D eigenvalue weighted by atomic mass is 10.3. The molecule has 0 aromatic carbocycles. The van der Waals surface area contributed by atoms with E-state index in [1.807, 2.05) is 31.5 Å². The van der Waals surface area contributed by atoms with E-state index in [0.717, 1.165) is 23.7 Å². The first kappa shape index (κ1) is 14.1. The summed E-state index contributed by atoms with van der Waals surface area (Å²) >= 11 is 1.64. The molecule has 1 N–H and O–H groups in total. The molecule has 1 amide bonds. The lowest BCUT2D eigenvalue weighted by molar-refractivity contribution is -0.119. The fourth-order valence-electron chi connectivity index (χ4n) is 1.68. The highest BCUT2D eigenvalue weighted by molar-refractivity contribution is 7.99. The van der Waals surface area contributed by atoms with E-state index in [-0.39, 0.29) is 11.9 Å². The first-order chi connectivity index (χ1) is 8.02. The molecule has 0 aliphatic carbocycles. The number of carbonyl (C=O) groups excluding carboxylic acids is 1. The molecule has 1 atom stereocenters. The van der Waals surface area contributed by atoms with Crippen LogP contribution in [0.25, 0.3) is 0 Å². The van der Waals surface area contributed by atoms with E-state index in [1.165, 1.54) is 0 Å². The van der Waals surface area contributed by atoms with E-state index < -0.39 is 0 Å². The highest BCUT2D eigenvalue weighted by Crippen LogP contribution is 2.03. The minimum Gasteiger partial charge on any atom is -0.351 e. The molecule has 1 heterocycles. The van der Waals surface area contributed by atoms with Gasteiger partial charge in [-0.15, -0.1) is 0 Å². The maximum Gasteiger partial charge on any atom is 0.230 e. The zero-order chi connectivity index (χ0) is 12.8. The molecule has 0 aliphatic rings. The van der Waals surface area contributed by atoms with Crippen LogP contribution in [0.4, 0.5) is 0 Å². The van der Waals surface area contributed by atoms with Crippen LogP contribution in [0.2, 0.25) is 0 Å². The van der Waals surface area contributed by atoms with E-state index in [4.69, 9.17) is 0 Å². The minimum atomic E-state index is 0.103. The Balaban J connectivity index is 2.41. The Kier molecular flexibility index (Phi) is 5.55. The molecule has 0 spiro atoms. The zero-order valence-electron chi connectivity index (χ0n) is 11.0. The molecule has 1 rings (SSSR count). The van der Waals surface area contributed by atoms with Crippen molar-refractivity contribution in [3.05, 3.63) is 17.5 Å². The largest absolute Gasteiger partial charge is 0.351 e. The van der Waals surface area contributed by atoms with Crippen molar-refractivity contribution in [2.24, 2.45) is 0 Å². The first-order valence-electron chi connectivity index (χ1n) is 5.91. The predicted molar refractivity (Wildman–Crippen MR) is 72.3 cm³/mol. The molecule has 0 fully saturated rings. The van der Waals surface area contributed by atoms with Crippen LogP contribution in [0, 0.1) is 13.8 Å². The maximum absolute atomic E-state index is 11.5. The molecule has 1 aromatic heterocycles. The van der Waals surface area contributed by atoms with E-state index in [2.05, 4.69) is 17.3 Å². The van der Waals surface area contributed by atoms with Crippen molar-refractivity contribution in [2.45, 2.75) is 40.3 Å². The average molecular weight is 255 g/mol. The smallest absolute Gasteiger partial charge is 0.230 e. The topological polar surface area (TPSA) is 46.9 Å². The number of nitrogens with zero attached hydrogens (tertiary/aromatic N) is 2. The molecule has 0 bridgehead atoms. The SMILES string of the molecule is CCSCC(=O)NC(C)Cn1nc(C)cc1C. The van der Waals surface area contributed by atoms with Crippen molar-refractivity contribution in [2.75, 3.05) is 11.5 Å². The summed E-state index contributed by atoms with van der Waals surface area (Å²) in [5.74, 6) is 1.61. The summed E-state index contributed by atoms with van der Waals surface area (Å²) in [7, 11) is 0. The van der Waals surface area contributed by atoms with E-state index in [0.29, 0.717) is 5.75 Å². The summed E-state index contributed by atoms with van der Waals surface area (Å²) in [4.78, 5) is 11.5. The van der Waals surface area contributed by atoms with E-state index >= 15 is 0 Å². The van der Waals surface area contributed by atoms with Gasteiger partial charge in [-0.1, -0.05) is 6.92 Å². The zero-order valence-corrected chi connectivity index (χ0v) is 11.8. The quantitative estimate of drug-likeness (QED) is 0.842. The van der Waals surface area contributed by atoms with Gasteiger partial charge in [-0.25, -0.2) is 0 Å². The van der Waals surface area contributed by atoms with Crippen molar-refractivity contribution in [3.63, 3.8) is 0 Å². The maximum atomic E-state index is 11.5. The number of hydrogen-bond acceptors (Lipinski definition) is 3. The lowest BCUT2D eigenvalue weighted by Crippen LogP contribution is -2.37. The molecule has 0 aliphatic heterocycles. The summed E-state index contributed by atoms with van der Waals surface area (Å²) in [5.41, 5.74) is 2.15. The van der Waals surface area contributed by atoms with Gasteiger partial charge in [0.05, 0.1) is 18.0 Å². The van der Waals surface area contributed by atoms with Gasteiger partial charge in [-0.2, -0.15) is 16.9 Å². The predicted octanol–water partition coefficient (Wildman–Crippen LogP) is 1.76. The average Bonchev–Trinajstić information content (AvgIpc) is 2.54. The number of aromatic nitrogens is 2. The van der Waals surface area contributed by atoms with Gasteiger partial charge in [-0.3, -0.25) is 9.48 Å². The number of nitrogens with one attached hydrogen (secondary N) is 1. The van der Waals surface area contributed by atoms with Gasteiger partial charge in [0.2, 0.25) is 5.91 Å². The second kappa shape index (κ2) is 6.69. The Morgan fingerprint density at radius 1 is 1.59 bits per heavy atom. The summed E-state index contributed by atoms with van der Waals surface area (Å²) in [6.45, 7) is 8.79. The summed E-state index contributed by atoms with van der Waals surface area (Å²) in [5, 5.41) is 7.36. The highest BCUT2D eigenvalue weighted by Gasteiger charge is 2.09. The standard InChI is InChI=1S/C12H21N3OS/c1-5-17-8-12(16)13-10(3)7-15-11(4)6-9(2)14-15/h6,10H,5,7-8H2,1-4H3,(H,13,16). The lowest BCUT2D eigenvalue weighted by Gasteiger charge is -2.14. The van der Waals surface area contributed by atoms with Crippen LogP contribution in [0.3, 0.4) is 0 Å². The monoisotopic (exact) mass is 255 g/mol. The third-order valence-corrected chi connectivity index (χ3v) is 3.27. The Hall–Kier alpha value is -0.970. The van der Waals surface area contributed by atoms with Gasteiger partial charge < -0.3 is 5.32 Å². The second-order valence-electron chi connectivity index (χ2n) is 4.21. The van der Waals surface area contributed by atoms with Crippen LogP contribution in [0.1, 0.15) is 25.2 Å². The Labute approximate surface area is 107 Å². The van der Waals surface area contributed by atoms with Crippen LogP contribution in [0.15, 0.2) is 6.07 Å². The number of rotatable bonds is 6. The van der Waals surface area contributed by atoms with Crippen molar-refractivity contribution < 1.29 is 4.79 Å². The third-order valence-electron chi connectivity index (χ3n) is 2.39. The molecule has 17 heavy (non-hydrogen) atoms. The van der Waals surface area contributed by atoms with Crippen LogP contribution in [0.5, 0.6) is 0 Å². The fourth-order valence-corrected chi connectivity index (χ4v) is 2.15. The molecular weight excluding hydrogens is 234 g/mol. The number of amides is 1. The first-order valence-corrected chi connectivity index (χ1v) is 7.06. The normalized spacial score (nSPS) is 12.5. The molecule has 1 unspecified atom stereocenters. The number of aryl methyl sites for hydroxylation is 2. The van der Waals surface area contributed by atoms with Crippen molar-refractivity contribution in [3.8, 4) is 0 Å². The van der Waals surface area contributed by atoms with Gasteiger partial charge in [-0.05, 0) is 32.6 Å². The van der Waals surface area contributed by atoms with Crippen LogP contribution < -0.4 is 5.32 Å². The van der Waals surface area contributed by atoms with Gasteiger partial charge in [0.1, 0.15) is 0 Å². The number of carbonyl (C=O) groups is 1. The van der Waals surface area contributed by atoms with Crippen molar-refractivity contribution >= 4 is 17.7 Å². The Morgan fingerprint density at radius 2 is 2.29 bits per heavy atom. The second-order valence-corrected chi connectivity index (χ2v) is 5.49. The van der Waals surface area contributed by atoms with Gasteiger partial charge in [0, 0.05) is 11.7 Å². The molecular formula is C12H21N3OS. The molecule has 0 saturated carbocycles. The third kappa shape index (κ3) is 4.81. The van der Waals surface area contributed by atoms with E-state index in [1.54, 1.807) is 11.8 Å². The molecule has 1 aromatic rings. The van der Waals surface area contributed by atoms with Gasteiger partial charge >= 0.3 is 0 Å². The summed E-state index contributed by atoms with van der Waals surface area (Å²) in [6, 6.07) is 2.15. The minimum absolute atomic E-state index is 0.103. The molecule has 0 saturated heterocycles. The molecule has 4 nitrogen and oxygen atoms in total. The highest BCUT2D eigenvalue weighted by atomic mass is 32.2. The van der Waals surface area contributed by atoms with Gasteiger partial charge in [0.25, 0.3) is 0 Å². The van der Waals surface area contributed by atoms with E-state index in [9.17, 15) is 4.79 Å². The summed E-state index contributed by atoms with van der Waals surface area (Å²) < 4.78 is 1.94.